The SMILES string of the molecule is CCCC(C)[N+]1=C(C)c2cccc3cccc1c23. The van der Waals surface area contributed by atoms with E-state index in [1.54, 1.807) is 0 Å². The normalized spacial score (nSPS) is 15.5. The molecule has 0 bridgehead atoms. The van der Waals surface area contributed by atoms with Crippen molar-refractivity contribution in [2.24, 2.45) is 0 Å². The van der Waals surface area contributed by atoms with Crippen molar-refractivity contribution in [3.8, 4) is 0 Å². The molecule has 0 spiro atoms. The Morgan fingerprint density at radius 1 is 1.11 bits per heavy atom. The monoisotopic (exact) mass is 238 g/mol. The van der Waals surface area contributed by atoms with Gasteiger partial charge in [-0.2, -0.15) is 4.58 Å². The quantitative estimate of drug-likeness (QED) is 0.693. The highest BCUT2D eigenvalue weighted by Crippen LogP contribution is 2.36. The van der Waals surface area contributed by atoms with Crippen molar-refractivity contribution in [1.29, 1.82) is 0 Å². The molecule has 0 saturated heterocycles. The molecule has 1 heterocycles. The second-order valence-corrected chi connectivity index (χ2v) is 5.27. The number of rotatable bonds is 3. The molecule has 2 aromatic carbocycles. The molecule has 1 aliphatic rings. The molecule has 1 atom stereocenters. The highest BCUT2D eigenvalue weighted by Gasteiger charge is 2.31. The van der Waals surface area contributed by atoms with E-state index in [1.165, 1.54) is 40.6 Å². The summed E-state index contributed by atoms with van der Waals surface area (Å²) in [6.07, 6.45) is 2.47. The maximum Gasteiger partial charge on any atom is 0.214 e. The summed E-state index contributed by atoms with van der Waals surface area (Å²) in [5.74, 6) is 0. The van der Waals surface area contributed by atoms with Gasteiger partial charge in [0.2, 0.25) is 5.69 Å². The van der Waals surface area contributed by atoms with Gasteiger partial charge in [0.15, 0.2) is 11.8 Å². The fourth-order valence-electron chi connectivity index (χ4n) is 3.25. The molecule has 1 aliphatic heterocycles. The maximum atomic E-state index is 2.52. The summed E-state index contributed by atoms with van der Waals surface area (Å²) in [6.45, 7) is 6.84. The van der Waals surface area contributed by atoms with Crippen molar-refractivity contribution >= 4 is 22.2 Å². The van der Waals surface area contributed by atoms with E-state index >= 15 is 0 Å². The van der Waals surface area contributed by atoms with Crippen molar-refractivity contribution in [2.75, 3.05) is 0 Å². The first-order valence-corrected chi connectivity index (χ1v) is 6.89. The van der Waals surface area contributed by atoms with Gasteiger partial charge in [-0.3, -0.25) is 0 Å². The molecule has 0 aromatic heterocycles. The summed E-state index contributed by atoms with van der Waals surface area (Å²) in [6, 6.07) is 13.8. The zero-order valence-electron chi connectivity index (χ0n) is 11.4. The first-order valence-electron chi connectivity index (χ1n) is 6.89. The average Bonchev–Trinajstić information content (AvgIpc) is 2.66. The zero-order valence-corrected chi connectivity index (χ0v) is 11.4. The van der Waals surface area contributed by atoms with Crippen LogP contribution in [0.15, 0.2) is 36.4 Å². The Balaban J connectivity index is 2.25. The Hall–Kier alpha value is -1.63. The Morgan fingerprint density at radius 3 is 2.56 bits per heavy atom. The predicted molar refractivity (Wildman–Crippen MR) is 78.0 cm³/mol. The van der Waals surface area contributed by atoms with Crippen LogP contribution in [0.1, 0.15) is 39.2 Å². The lowest BCUT2D eigenvalue weighted by atomic mass is 10.0. The summed E-state index contributed by atoms with van der Waals surface area (Å²) >= 11 is 0. The first kappa shape index (κ1) is 11.5. The van der Waals surface area contributed by atoms with E-state index in [0.29, 0.717) is 6.04 Å². The first-order chi connectivity index (χ1) is 8.74. The van der Waals surface area contributed by atoms with E-state index in [2.05, 4.69) is 61.7 Å². The summed E-state index contributed by atoms with van der Waals surface area (Å²) in [7, 11) is 0. The Bertz CT molecular complexity index is 632. The number of hydrogen-bond acceptors (Lipinski definition) is 0. The topological polar surface area (TPSA) is 3.01 Å². The Morgan fingerprint density at radius 2 is 1.83 bits per heavy atom. The van der Waals surface area contributed by atoms with Gasteiger partial charge < -0.3 is 0 Å². The maximum absolute atomic E-state index is 2.52. The Labute approximate surface area is 109 Å². The summed E-state index contributed by atoms with van der Waals surface area (Å²) in [4.78, 5) is 0. The summed E-state index contributed by atoms with van der Waals surface area (Å²) in [5.41, 5.74) is 4.20. The van der Waals surface area contributed by atoms with Crippen LogP contribution in [0.4, 0.5) is 5.69 Å². The van der Waals surface area contributed by atoms with Gasteiger partial charge in [-0.1, -0.05) is 31.2 Å². The van der Waals surface area contributed by atoms with Gasteiger partial charge in [0.25, 0.3) is 0 Å². The third kappa shape index (κ3) is 1.50. The third-order valence-electron chi connectivity index (χ3n) is 4.04. The van der Waals surface area contributed by atoms with E-state index in [-0.39, 0.29) is 0 Å². The lowest BCUT2D eigenvalue weighted by Gasteiger charge is -2.09. The lowest BCUT2D eigenvalue weighted by molar-refractivity contribution is -0.478. The third-order valence-corrected chi connectivity index (χ3v) is 4.04. The molecule has 0 fully saturated rings. The second kappa shape index (κ2) is 4.24. The molecule has 0 radical (unpaired) electrons. The molecular weight excluding hydrogens is 218 g/mol. The van der Waals surface area contributed by atoms with Crippen LogP contribution < -0.4 is 0 Å². The van der Waals surface area contributed by atoms with Gasteiger partial charge in [-0.05, 0) is 24.8 Å². The van der Waals surface area contributed by atoms with Gasteiger partial charge in [-0.15, -0.1) is 0 Å². The number of benzene rings is 2. The molecule has 0 saturated carbocycles. The molecule has 1 unspecified atom stereocenters. The minimum atomic E-state index is 0.577. The van der Waals surface area contributed by atoms with Crippen molar-refractivity contribution in [3.63, 3.8) is 0 Å². The highest BCUT2D eigenvalue weighted by atomic mass is 15.1. The molecule has 2 aromatic rings. The predicted octanol–water partition coefficient (Wildman–Crippen LogP) is 4.50. The molecular formula is C17H20N+. The Kier molecular flexibility index (Phi) is 2.70. The number of hydrogen-bond donors (Lipinski definition) is 0. The standard InChI is InChI=1S/C17H20N/c1-4-7-12(2)18-13(3)15-10-5-8-14-9-6-11-16(18)17(14)15/h5-6,8-12H,4,7H2,1-3H3/q+1. The largest absolute Gasteiger partial charge is 0.214 e. The van der Waals surface area contributed by atoms with Crippen molar-refractivity contribution < 1.29 is 4.58 Å². The van der Waals surface area contributed by atoms with Crippen LogP contribution in [0.3, 0.4) is 0 Å². The minimum absolute atomic E-state index is 0.577. The van der Waals surface area contributed by atoms with E-state index < -0.39 is 0 Å². The molecule has 0 aliphatic carbocycles. The van der Waals surface area contributed by atoms with Crippen molar-refractivity contribution in [3.05, 3.63) is 42.0 Å². The van der Waals surface area contributed by atoms with Crippen LogP contribution in [-0.4, -0.2) is 16.3 Å². The second-order valence-electron chi connectivity index (χ2n) is 5.27. The van der Waals surface area contributed by atoms with E-state index in [9.17, 15) is 0 Å². The van der Waals surface area contributed by atoms with Crippen LogP contribution in [0.5, 0.6) is 0 Å². The van der Waals surface area contributed by atoms with Crippen LogP contribution in [0.25, 0.3) is 10.8 Å². The van der Waals surface area contributed by atoms with Gasteiger partial charge in [0.05, 0.1) is 10.9 Å². The van der Waals surface area contributed by atoms with Gasteiger partial charge >= 0.3 is 0 Å². The minimum Gasteiger partial charge on any atom is -0.193 e. The summed E-state index contributed by atoms with van der Waals surface area (Å²) < 4.78 is 2.52. The van der Waals surface area contributed by atoms with Crippen LogP contribution in [0, 0.1) is 0 Å². The molecule has 1 heteroatoms. The van der Waals surface area contributed by atoms with Gasteiger partial charge in [0.1, 0.15) is 0 Å². The van der Waals surface area contributed by atoms with Crippen molar-refractivity contribution in [1.82, 2.24) is 0 Å². The highest BCUT2D eigenvalue weighted by molar-refractivity contribution is 6.14. The molecule has 92 valence electrons. The van der Waals surface area contributed by atoms with Gasteiger partial charge in [0, 0.05) is 19.4 Å². The van der Waals surface area contributed by atoms with Crippen LogP contribution in [0.2, 0.25) is 0 Å². The zero-order chi connectivity index (χ0) is 12.7. The average molecular weight is 238 g/mol. The molecule has 18 heavy (non-hydrogen) atoms. The van der Waals surface area contributed by atoms with E-state index in [0.717, 1.165) is 0 Å². The fraction of sp³-hybridized carbons (Fsp3) is 0.353. The van der Waals surface area contributed by atoms with Crippen LogP contribution >= 0.6 is 0 Å². The lowest BCUT2D eigenvalue weighted by Crippen LogP contribution is -2.21. The number of nitrogens with zero attached hydrogens (tertiary/aromatic N) is 1. The molecule has 0 amide bonds. The molecule has 3 rings (SSSR count). The van der Waals surface area contributed by atoms with E-state index in [1.807, 2.05) is 0 Å². The molecule has 1 nitrogen and oxygen atoms in total. The van der Waals surface area contributed by atoms with Gasteiger partial charge in [-0.25, -0.2) is 0 Å². The fourth-order valence-corrected chi connectivity index (χ4v) is 3.25. The van der Waals surface area contributed by atoms with Crippen molar-refractivity contribution in [2.45, 2.75) is 39.7 Å². The smallest absolute Gasteiger partial charge is 0.193 e. The summed E-state index contributed by atoms with van der Waals surface area (Å²) in [5, 5.41) is 2.79. The molecule has 0 N–H and O–H groups in total. The van der Waals surface area contributed by atoms with E-state index in [4.69, 9.17) is 0 Å². The van der Waals surface area contributed by atoms with Crippen LogP contribution in [-0.2, 0) is 0 Å².